The van der Waals surface area contributed by atoms with E-state index in [-0.39, 0.29) is 0 Å². The molecule has 18 heavy (non-hydrogen) atoms. The zero-order valence-electron chi connectivity index (χ0n) is 11.9. The largest absolute Gasteiger partial charge is 0.358 e. The predicted octanol–water partition coefficient (Wildman–Crippen LogP) is 4.55. The van der Waals surface area contributed by atoms with Gasteiger partial charge in [-0.05, 0) is 62.1 Å². The lowest BCUT2D eigenvalue weighted by molar-refractivity contribution is 0.342. The fourth-order valence-electron chi connectivity index (χ4n) is 3.47. The molecule has 0 fully saturated rings. The molecular weight excluding hydrogens is 218 g/mol. The lowest BCUT2D eigenvalue weighted by Gasteiger charge is -2.25. The standard InChI is InChI=1S/C17H23N/c1-10(2)13-5-6-16-14(9-13)15-8-11(3)7-12(4)17(15)18-16/h7-8,10,13,18H,5-6,9H2,1-4H3. The molecular formula is C17H23N. The van der Waals surface area contributed by atoms with Gasteiger partial charge in [0.1, 0.15) is 0 Å². The lowest BCUT2D eigenvalue weighted by Crippen LogP contribution is -2.18. The van der Waals surface area contributed by atoms with E-state index in [2.05, 4.69) is 44.8 Å². The summed E-state index contributed by atoms with van der Waals surface area (Å²) in [7, 11) is 0. The normalized spacial score (nSPS) is 19.5. The second kappa shape index (κ2) is 4.15. The van der Waals surface area contributed by atoms with Crippen molar-refractivity contribution in [3.05, 3.63) is 34.5 Å². The van der Waals surface area contributed by atoms with Gasteiger partial charge in [0.2, 0.25) is 0 Å². The number of benzene rings is 1. The quantitative estimate of drug-likeness (QED) is 0.754. The molecule has 0 bridgehead atoms. The Morgan fingerprint density at radius 2 is 2.00 bits per heavy atom. The van der Waals surface area contributed by atoms with Crippen LogP contribution in [0.1, 0.15) is 42.7 Å². The molecule has 96 valence electrons. The van der Waals surface area contributed by atoms with E-state index in [0.29, 0.717) is 0 Å². The molecule has 3 rings (SSSR count). The van der Waals surface area contributed by atoms with Gasteiger partial charge in [0.15, 0.2) is 0 Å². The van der Waals surface area contributed by atoms with Crippen LogP contribution < -0.4 is 0 Å². The Bertz CT molecular complexity index is 589. The summed E-state index contributed by atoms with van der Waals surface area (Å²) in [6, 6.07) is 4.64. The molecule has 0 spiro atoms. The highest BCUT2D eigenvalue weighted by Gasteiger charge is 2.24. The van der Waals surface area contributed by atoms with Crippen molar-refractivity contribution in [2.24, 2.45) is 11.8 Å². The summed E-state index contributed by atoms with van der Waals surface area (Å²) in [5.74, 6) is 1.66. The molecule has 1 aliphatic carbocycles. The molecule has 0 aliphatic heterocycles. The fourth-order valence-corrected chi connectivity index (χ4v) is 3.47. The highest BCUT2D eigenvalue weighted by molar-refractivity contribution is 5.88. The van der Waals surface area contributed by atoms with E-state index in [0.717, 1.165) is 11.8 Å². The number of rotatable bonds is 1. The Hall–Kier alpha value is -1.24. The van der Waals surface area contributed by atoms with Gasteiger partial charge in [0.25, 0.3) is 0 Å². The minimum Gasteiger partial charge on any atom is -0.358 e. The van der Waals surface area contributed by atoms with Gasteiger partial charge in [-0.2, -0.15) is 0 Å². The van der Waals surface area contributed by atoms with Crippen molar-refractivity contribution in [3.63, 3.8) is 0 Å². The van der Waals surface area contributed by atoms with Gasteiger partial charge in [-0.1, -0.05) is 25.5 Å². The molecule has 1 nitrogen and oxygen atoms in total. The Morgan fingerprint density at radius 1 is 1.22 bits per heavy atom. The molecule has 1 heterocycles. The van der Waals surface area contributed by atoms with Gasteiger partial charge >= 0.3 is 0 Å². The maximum atomic E-state index is 3.67. The molecule has 0 amide bonds. The van der Waals surface area contributed by atoms with Crippen molar-refractivity contribution in [3.8, 4) is 0 Å². The van der Waals surface area contributed by atoms with Crippen LogP contribution >= 0.6 is 0 Å². The summed E-state index contributed by atoms with van der Waals surface area (Å²) in [6.45, 7) is 9.15. The maximum Gasteiger partial charge on any atom is 0.0488 e. The molecule has 1 heteroatoms. The first-order chi connectivity index (χ1) is 8.56. The van der Waals surface area contributed by atoms with E-state index in [1.807, 2.05) is 0 Å². The third-order valence-electron chi connectivity index (χ3n) is 4.62. The van der Waals surface area contributed by atoms with Crippen molar-refractivity contribution < 1.29 is 0 Å². The van der Waals surface area contributed by atoms with Gasteiger partial charge in [-0.25, -0.2) is 0 Å². The number of aromatic nitrogens is 1. The number of nitrogens with one attached hydrogen (secondary N) is 1. The van der Waals surface area contributed by atoms with E-state index in [1.165, 1.54) is 47.0 Å². The smallest absolute Gasteiger partial charge is 0.0488 e. The Morgan fingerprint density at radius 3 is 2.72 bits per heavy atom. The average molecular weight is 241 g/mol. The zero-order chi connectivity index (χ0) is 12.9. The van der Waals surface area contributed by atoms with Gasteiger partial charge < -0.3 is 4.98 Å². The molecule has 1 aromatic heterocycles. The van der Waals surface area contributed by atoms with E-state index >= 15 is 0 Å². The molecule has 0 saturated heterocycles. The highest BCUT2D eigenvalue weighted by atomic mass is 14.7. The fraction of sp³-hybridized carbons (Fsp3) is 0.529. The van der Waals surface area contributed by atoms with Crippen molar-refractivity contribution in [2.75, 3.05) is 0 Å². The second-order valence-electron chi connectivity index (χ2n) is 6.33. The molecule has 1 unspecified atom stereocenters. The first-order valence-electron chi connectivity index (χ1n) is 7.17. The maximum absolute atomic E-state index is 3.67. The Labute approximate surface area is 110 Å². The van der Waals surface area contributed by atoms with Crippen LogP contribution in [0.3, 0.4) is 0 Å². The number of aryl methyl sites for hydroxylation is 3. The average Bonchev–Trinajstić information content (AvgIpc) is 2.67. The molecule has 1 atom stereocenters. The summed E-state index contributed by atoms with van der Waals surface area (Å²) in [4.78, 5) is 3.67. The van der Waals surface area contributed by atoms with E-state index in [9.17, 15) is 0 Å². The summed E-state index contributed by atoms with van der Waals surface area (Å²) in [6.07, 6.45) is 3.83. The molecule has 2 aromatic rings. The van der Waals surface area contributed by atoms with E-state index in [1.54, 1.807) is 5.56 Å². The second-order valence-corrected chi connectivity index (χ2v) is 6.33. The van der Waals surface area contributed by atoms with Crippen LogP contribution in [0.15, 0.2) is 12.1 Å². The number of fused-ring (bicyclic) bond motifs is 3. The topological polar surface area (TPSA) is 15.8 Å². The van der Waals surface area contributed by atoms with Crippen molar-refractivity contribution >= 4 is 10.9 Å². The summed E-state index contributed by atoms with van der Waals surface area (Å²) >= 11 is 0. The van der Waals surface area contributed by atoms with Crippen LogP contribution in [0.5, 0.6) is 0 Å². The van der Waals surface area contributed by atoms with Gasteiger partial charge in [0, 0.05) is 16.6 Å². The van der Waals surface area contributed by atoms with Crippen LogP contribution in [0.2, 0.25) is 0 Å². The molecule has 1 aromatic carbocycles. The van der Waals surface area contributed by atoms with Gasteiger partial charge in [0.05, 0.1) is 0 Å². The van der Waals surface area contributed by atoms with Crippen LogP contribution in [0.25, 0.3) is 10.9 Å². The van der Waals surface area contributed by atoms with E-state index in [4.69, 9.17) is 0 Å². The summed E-state index contributed by atoms with van der Waals surface area (Å²) in [5.41, 5.74) is 7.24. The SMILES string of the molecule is Cc1cc(C)c2[nH]c3c(c2c1)CC(C(C)C)CC3. The minimum absolute atomic E-state index is 0.800. The van der Waals surface area contributed by atoms with Crippen LogP contribution in [0.4, 0.5) is 0 Å². The first-order valence-corrected chi connectivity index (χ1v) is 7.17. The van der Waals surface area contributed by atoms with Crippen LogP contribution in [-0.2, 0) is 12.8 Å². The van der Waals surface area contributed by atoms with E-state index < -0.39 is 0 Å². The lowest BCUT2D eigenvalue weighted by atomic mass is 9.80. The highest BCUT2D eigenvalue weighted by Crippen LogP contribution is 2.35. The monoisotopic (exact) mass is 241 g/mol. The number of aromatic amines is 1. The Balaban J connectivity index is 2.15. The van der Waals surface area contributed by atoms with Gasteiger partial charge in [-0.15, -0.1) is 0 Å². The zero-order valence-corrected chi connectivity index (χ0v) is 11.9. The Kier molecular flexibility index (Phi) is 2.73. The predicted molar refractivity (Wildman–Crippen MR) is 78.1 cm³/mol. The van der Waals surface area contributed by atoms with Crippen LogP contribution in [0, 0.1) is 25.7 Å². The molecule has 1 N–H and O–H groups in total. The molecule has 1 aliphatic rings. The number of H-pyrrole nitrogens is 1. The third-order valence-corrected chi connectivity index (χ3v) is 4.62. The van der Waals surface area contributed by atoms with Crippen molar-refractivity contribution in [2.45, 2.75) is 47.0 Å². The minimum atomic E-state index is 0.800. The van der Waals surface area contributed by atoms with Crippen molar-refractivity contribution in [1.82, 2.24) is 4.98 Å². The first kappa shape index (κ1) is 11.8. The molecule has 0 saturated carbocycles. The van der Waals surface area contributed by atoms with Crippen molar-refractivity contribution in [1.29, 1.82) is 0 Å². The number of hydrogen-bond donors (Lipinski definition) is 1. The summed E-state index contributed by atoms with van der Waals surface area (Å²) in [5, 5.41) is 1.48. The van der Waals surface area contributed by atoms with Crippen LogP contribution in [-0.4, -0.2) is 4.98 Å². The molecule has 0 radical (unpaired) electrons. The van der Waals surface area contributed by atoms with Gasteiger partial charge in [-0.3, -0.25) is 0 Å². The number of hydrogen-bond acceptors (Lipinski definition) is 0. The third kappa shape index (κ3) is 1.77. The summed E-state index contributed by atoms with van der Waals surface area (Å²) < 4.78 is 0.